The van der Waals surface area contributed by atoms with Gasteiger partial charge in [-0.1, -0.05) is 18.2 Å². The van der Waals surface area contributed by atoms with Gasteiger partial charge < -0.3 is 4.74 Å². The molecule has 1 aromatic heterocycles. The van der Waals surface area contributed by atoms with Crippen LogP contribution in [0.15, 0.2) is 48.7 Å². The normalized spacial score (nSPS) is 20.4. The van der Waals surface area contributed by atoms with Crippen LogP contribution in [-0.2, 0) is 0 Å². The minimum absolute atomic E-state index is 0.394. The summed E-state index contributed by atoms with van der Waals surface area (Å²) in [5.41, 5.74) is 2.52. The Morgan fingerprint density at radius 1 is 1.19 bits per heavy atom. The molecule has 0 radical (unpaired) electrons. The van der Waals surface area contributed by atoms with Gasteiger partial charge >= 0.3 is 0 Å². The maximum Gasteiger partial charge on any atom is 0.118 e. The van der Waals surface area contributed by atoms with Gasteiger partial charge in [-0.25, -0.2) is 0 Å². The molecule has 3 nitrogen and oxygen atoms in total. The molecule has 2 heterocycles. The third-order valence-corrected chi connectivity index (χ3v) is 4.42. The van der Waals surface area contributed by atoms with Gasteiger partial charge in [0.2, 0.25) is 0 Å². The highest BCUT2D eigenvalue weighted by Gasteiger charge is 2.30. The van der Waals surface area contributed by atoms with Crippen molar-refractivity contribution >= 4 is 0 Å². The largest absolute Gasteiger partial charge is 0.497 e. The standard InChI is InChI=1S/C18H22N2O/c1-14(15-8-10-16(21-2)11-9-15)20-13-5-7-18(20)17-6-3-4-12-19-17/h3-4,6,8-12,14,18H,5,7,13H2,1-2H3/t14-,18+/m1/s1. The predicted molar refractivity (Wildman–Crippen MR) is 84.3 cm³/mol. The van der Waals surface area contributed by atoms with Crippen LogP contribution in [0.4, 0.5) is 0 Å². The molecule has 0 bridgehead atoms. The number of benzene rings is 1. The molecule has 0 N–H and O–H groups in total. The number of hydrogen-bond acceptors (Lipinski definition) is 3. The molecular weight excluding hydrogens is 260 g/mol. The SMILES string of the molecule is COc1ccc([C@@H](C)N2CCC[C@H]2c2ccccn2)cc1. The fourth-order valence-electron chi connectivity index (χ4n) is 3.22. The summed E-state index contributed by atoms with van der Waals surface area (Å²) in [4.78, 5) is 7.11. The summed E-state index contributed by atoms with van der Waals surface area (Å²) in [6.45, 7) is 3.41. The van der Waals surface area contributed by atoms with E-state index in [1.54, 1.807) is 7.11 Å². The molecule has 21 heavy (non-hydrogen) atoms. The first-order valence-electron chi connectivity index (χ1n) is 7.60. The first-order valence-corrected chi connectivity index (χ1v) is 7.60. The highest BCUT2D eigenvalue weighted by molar-refractivity contribution is 5.29. The van der Waals surface area contributed by atoms with E-state index in [1.165, 1.54) is 24.1 Å². The van der Waals surface area contributed by atoms with E-state index in [0.717, 1.165) is 12.3 Å². The van der Waals surface area contributed by atoms with Crippen LogP contribution in [0, 0.1) is 0 Å². The van der Waals surface area contributed by atoms with E-state index in [0.29, 0.717) is 12.1 Å². The molecule has 1 aromatic carbocycles. The Bertz CT molecular complexity index is 568. The van der Waals surface area contributed by atoms with Gasteiger partial charge in [0.1, 0.15) is 5.75 Å². The van der Waals surface area contributed by atoms with Gasteiger partial charge in [0.25, 0.3) is 0 Å². The number of pyridine rings is 1. The number of methoxy groups -OCH3 is 1. The van der Waals surface area contributed by atoms with Crippen LogP contribution >= 0.6 is 0 Å². The molecule has 2 aromatic rings. The first kappa shape index (κ1) is 14.1. The average molecular weight is 282 g/mol. The van der Waals surface area contributed by atoms with Gasteiger partial charge in [0, 0.05) is 12.2 Å². The molecule has 1 aliphatic heterocycles. The third kappa shape index (κ3) is 2.93. The smallest absolute Gasteiger partial charge is 0.118 e. The molecule has 1 saturated heterocycles. The number of ether oxygens (including phenoxy) is 1. The molecule has 1 fully saturated rings. The fourth-order valence-corrected chi connectivity index (χ4v) is 3.22. The van der Waals surface area contributed by atoms with E-state index in [2.05, 4.69) is 41.1 Å². The summed E-state index contributed by atoms with van der Waals surface area (Å²) in [7, 11) is 1.70. The fraction of sp³-hybridized carbons (Fsp3) is 0.389. The van der Waals surface area contributed by atoms with Crippen molar-refractivity contribution in [2.45, 2.75) is 31.8 Å². The molecular formula is C18H22N2O. The van der Waals surface area contributed by atoms with Crippen LogP contribution in [0.1, 0.15) is 43.1 Å². The Kier molecular flexibility index (Phi) is 4.20. The highest BCUT2D eigenvalue weighted by atomic mass is 16.5. The number of nitrogens with zero attached hydrogens (tertiary/aromatic N) is 2. The Balaban J connectivity index is 1.80. The molecule has 0 amide bonds. The van der Waals surface area contributed by atoms with Crippen molar-refractivity contribution in [2.75, 3.05) is 13.7 Å². The lowest BCUT2D eigenvalue weighted by atomic mass is 10.0. The number of hydrogen-bond donors (Lipinski definition) is 0. The first-order chi connectivity index (χ1) is 10.3. The van der Waals surface area contributed by atoms with Gasteiger partial charge in [0.05, 0.1) is 18.8 Å². The van der Waals surface area contributed by atoms with E-state index >= 15 is 0 Å². The Morgan fingerprint density at radius 2 is 2.00 bits per heavy atom. The number of rotatable bonds is 4. The molecule has 110 valence electrons. The zero-order chi connectivity index (χ0) is 14.7. The minimum atomic E-state index is 0.394. The predicted octanol–water partition coefficient (Wildman–Crippen LogP) is 3.99. The summed E-state index contributed by atoms with van der Waals surface area (Å²) in [5.74, 6) is 0.911. The van der Waals surface area contributed by atoms with Crippen LogP contribution in [0.2, 0.25) is 0 Å². The molecule has 3 rings (SSSR count). The van der Waals surface area contributed by atoms with Crippen molar-refractivity contribution in [1.82, 2.24) is 9.88 Å². The lowest BCUT2D eigenvalue weighted by Gasteiger charge is -2.30. The van der Waals surface area contributed by atoms with Crippen LogP contribution in [0.5, 0.6) is 5.75 Å². The van der Waals surface area contributed by atoms with Gasteiger partial charge in [-0.3, -0.25) is 9.88 Å². The minimum Gasteiger partial charge on any atom is -0.497 e. The third-order valence-electron chi connectivity index (χ3n) is 4.42. The van der Waals surface area contributed by atoms with Gasteiger partial charge in [-0.2, -0.15) is 0 Å². The molecule has 0 spiro atoms. The summed E-state index contributed by atoms with van der Waals surface area (Å²) < 4.78 is 5.24. The Morgan fingerprint density at radius 3 is 2.67 bits per heavy atom. The van der Waals surface area contributed by atoms with Crippen LogP contribution in [0.3, 0.4) is 0 Å². The van der Waals surface area contributed by atoms with Gasteiger partial charge in [-0.15, -0.1) is 0 Å². The second kappa shape index (κ2) is 6.27. The van der Waals surface area contributed by atoms with Crippen molar-refractivity contribution in [3.63, 3.8) is 0 Å². The van der Waals surface area contributed by atoms with Gasteiger partial charge in [-0.05, 0) is 56.1 Å². The van der Waals surface area contributed by atoms with Crippen molar-refractivity contribution < 1.29 is 4.74 Å². The van der Waals surface area contributed by atoms with Crippen molar-refractivity contribution in [2.24, 2.45) is 0 Å². The second-order valence-corrected chi connectivity index (χ2v) is 5.60. The molecule has 3 heteroatoms. The summed E-state index contributed by atoms with van der Waals surface area (Å²) in [6.07, 6.45) is 4.32. The van der Waals surface area contributed by atoms with Crippen LogP contribution < -0.4 is 4.74 Å². The number of aromatic nitrogens is 1. The van der Waals surface area contributed by atoms with Crippen LogP contribution in [0.25, 0.3) is 0 Å². The van der Waals surface area contributed by atoms with E-state index in [-0.39, 0.29) is 0 Å². The number of likely N-dealkylation sites (tertiary alicyclic amines) is 1. The van der Waals surface area contributed by atoms with E-state index in [4.69, 9.17) is 4.74 Å². The lowest BCUT2D eigenvalue weighted by Crippen LogP contribution is -2.27. The molecule has 0 unspecified atom stereocenters. The topological polar surface area (TPSA) is 25.4 Å². The monoisotopic (exact) mass is 282 g/mol. The summed E-state index contributed by atoms with van der Waals surface area (Å²) >= 11 is 0. The molecule has 2 atom stereocenters. The molecule has 0 aliphatic carbocycles. The average Bonchev–Trinajstić information content (AvgIpc) is 3.04. The van der Waals surface area contributed by atoms with Crippen molar-refractivity contribution in [3.8, 4) is 5.75 Å². The molecule has 0 saturated carbocycles. The lowest BCUT2D eigenvalue weighted by molar-refractivity contribution is 0.191. The maximum absolute atomic E-state index is 5.24. The van der Waals surface area contributed by atoms with Crippen LogP contribution in [-0.4, -0.2) is 23.5 Å². The highest BCUT2D eigenvalue weighted by Crippen LogP contribution is 2.37. The van der Waals surface area contributed by atoms with E-state index in [1.807, 2.05) is 24.4 Å². The van der Waals surface area contributed by atoms with Gasteiger partial charge in [0.15, 0.2) is 0 Å². The summed E-state index contributed by atoms with van der Waals surface area (Å²) in [6, 6.07) is 15.4. The van der Waals surface area contributed by atoms with E-state index < -0.39 is 0 Å². The van der Waals surface area contributed by atoms with E-state index in [9.17, 15) is 0 Å². The molecule has 1 aliphatic rings. The van der Waals surface area contributed by atoms with Crippen molar-refractivity contribution in [3.05, 3.63) is 59.9 Å². The Labute approximate surface area is 126 Å². The summed E-state index contributed by atoms with van der Waals surface area (Å²) in [5, 5.41) is 0. The van der Waals surface area contributed by atoms with Crippen molar-refractivity contribution in [1.29, 1.82) is 0 Å². The second-order valence-electron chi connectivity index (χ2n) is 5.60. The Hall–Kier alpha value is -1.87. The zero-order valence-corrected chi connectivity index (χ0v) is 12.7. The quantitative estimate of drug-likeness (QED) is 0.848. The zero-order valence-electron chi connectivity index (χ0n) is 12.7. The maximum atomic E-state index is 5.24.